The van der Waals surface area contributed by atoms with E-state index in [1.165, 1.54) is 0 Å². The van der Waals surface area contributed by atoms with Gasteiger partial charge in [-0.1, -0.05) is 0 Å². The predicted octanol–water partition coefficient (Wildman–Crippen LogP) is 0.399. The fraction of sp³-hybridized carbons (Fsp3) is 1.00. The van der Waals surface area contributed by atoms with Crippen molar-refractivity contribution >= 4 is 40.3 Å². The summed E-state index contributed by atoms with van der Waals surface area (Å²) in [6.45, 7) is 0. The van der Waals surface area contributed by atoms with Crippen molar-refractivity contribution in [1.29, 1.82) is 0 Å². The Morgan fingerprint density at radius 2 is 1.08 bits per heavy atom. The average Bonchev–Trinajstić information content (AvgIpc) is 1.62. The average molecular weight is 527 g/mol. The number of hydrogen-bond donors (Lipinski definition) is 1. The molecule has 0 aliphatic carbocycles. The van der Waals surface area contributed by atoms with Gasteiger partial charge in [0.15, 0.2) is 0 Å². The predicted molar refractivity (Wildman–Crippen MR) is 49.2 cm³/mol. The zero-order chi connectivity index (χ0) is 9.91. The van der Waals surface area contributed by atoms with E-state index in [0.717, 1.165) is 29.9 Å². The van der Waals surface area contributed by atoms with Crippen LogP contribution in [-0.2, 0) is 31.5 Å². The van der Waals surface area contributed by atoms with Gasteiger partial charge >= 0.3 is 53.2 Å². The van der Waals surface area contributed by atoms with Gasteiger partial charge in [0.25, 0.3) is 0 Å². The standard InChI is InChI=1S/2C2H6Se.H2O4S.H2O.Pt/c2*1-3-2;1-5(2,3)4;;/h2*1-2H3;(H2,1,2,3,4);1H2;/q2*+1;;;/p-2. The van der Waals surface area contributed by atoms with Crippen molar-refractivity contribution in [3.05, 3.63) is 0 Å². The van der Waals surface area contributed by atoms with Gasteiger partial charge in [-0.05, 0) is 0 Å². The van der Waals surface area contributed by atoms with Gasteiger partial charge in [0, 0.05) is 21.1 Å². The first-order valence-corrected chi connectivity index (χ1v) is 10.5. The Morgan fingerprint density at radius 3 is 1.08 bits per heavy atom. The van der Waals surface area contributed by atoms with Crippen LogP contribution in [0.1, 0.15) is 0 Å². The van der Waals surface area contributed by atoms with E-state index in [1.54, 1.807) is 0 Å². The van der Waals surface area contributed by atoms with Crippen LogP contribution in [-0.4, -0.2) is 52.9 Å². The third kappa shape index (κ3) is 747. The quantitative estimate of drug-likeness (QED) is 0.279. The molecule has 9 heteroatoms. The minimum atomic E-state index is -4.92. The van der Waals surface area contributed by atoms with Crippen LogP contribution >= 0.6 is 0 Å². The molecule has 88 valence electrons. The molecule has 0 fully saturated rings. The van der Waals surface area contributed by atoms with E-state index in [0.29, 0.717) is 0 Å². The minimum absolute atomic E-state index is 0. The molecule has 0 aromatic heterocycles. The second kappa shape index (κ2) is 23.4. The first-order valence-electron chi connectivity index (χ1n) is 2.32. The monoisotopic (exact) mass is 529 g/mol. The molecule has 0 saturated heterocycles. The van der Waals surface area contributed by atoms with Gasteiger partial charge in [0.1, 0.15) is 0 Å². The molecule has 2 radical (unpaired) electrons. The van der Waals surface area contributed by atoms with Gasteiger partial charge in [-0.2, -0.15) is 0 Å². The van der Waals surface area contributed by atoms with Crippen molar-refractivity contribution < 1.29 is 44.1 Å². The zero-order valence-corrected chi connectivity index (χ0v) is 14.2. The summed E-state index contributed by atoms with van der Waals surface area (Å²) in [4.78, 5) is 0. The van der Waals surface area contributed by atoms with Gasteiger partial charge in [-0.25, -0.2) is 8.42 Å². The summed E-state index contributed by atoms with van der Waals surface area (Å²) >= 11 is 1.75. The Hall–Kier alpha value is 1.56. The summed E-state index contributed by atoms with van der Waals surface area (Å²) in [5, 5.41) is 0. The molecule has 0 saturated carbocycles. The van der Waals surface area contributed by atoms with Crippen molar-refractivity contribution in [1.82, 2.24) is 0 Å². The first kappa shape index (κ1) is 29.3. The van der Waals surface area contributed by atoms with Gasteiger partial charge in [-0.15, -0.1) is 0 Å². The van der Waals surface area contributed by atoms with Crippen LogP contribution in [0.5, 0.6) is 0 Å². The summed E-state index contributed by atoms with van der Waals surface area (Å²) in [7, 11) is -4.92. The molecule has 0 aliphatic rings. The third-order valence-corrected chi connectivity index (χ3v) is 0. The van der Waals surface area contributed by atoms with E-state index in [1.807, 2.05) is 0 Å². The molecule has 0 aromatic carbocycles. The fourth-order valence-electron chi connectivity index (χ4n) is 0. The van der Waals surface area contributed by atoms with Gasteiger partial charge < -0.3 is 10.0 Å². The van der Waals surface area contributed by atoms with Crippen LogP contribution in [0.2, 0.25) is 23.3 Å². The molecule has 0 atom stereocenters. The molecule has 5 nitrogen and oxygen atoms in total. The van der Waals surface area contributed by atoms with Crippen molar-refractivity contribution in [2.75, 3.05) is 0 Å². The third-order valence-electron chi connectivity index (χ3n) is 0. The van der Waals surface area contributed by atoms with Crippen LogP contribution < -0.4 is 0 Å². The van der Waals surface area contributed by atoms with Crippen LogP contribution in [0.15, 0.2) is 0 Å². The Balaban J connectivity index is -0.0000000240. The van der Waals surface area contributed by atoms with E-state index < -0.39 is 10.4 Å². The molecule has 2 N–H and O–H groups in total. The van der Waals surface area contributed by atoms with Crippen molar-refractivity contribution in [3.63, 3.8) is 0 Å². The summed E-state index contributed by atoms with van der Waals surface area (Å²) < 4.78 is 32.8. The maximum absolute atomic E-state index is 8.63. The molecule has 0 aliphatic heterocycles. The van der Waals surface area contributed by atoms with Crippen LogP contribution in [0.3, 0.4) is 0 Å². The largest absolute Gasteiger partial charge is 0.870 e. The topological polar surface area (TPSA) is 107 Å². The second-order valence-electron chi connectivity index (χ2n) is 1.24. The molecule has 13 heavy (non-hydrogen) atoms. The van der Waals surface area contributed by atoms with E-state index >= 15 is 0 Å². The van der Waals surface area contributed by atoms with E-state index in [-0.39, 0.29) is 26.5 Å². The van der Waals surface area contributed by atoms with E-state index in [4.69, 9.17) is 17.5 Å². The van der Waals surface area contributed by atoms with E-state index in [9.17, 15) is 0 Å². The normalized spacial score (nSPS) is 7.23. The van der Waals surface area contributed by atoms with Crippen molar-refractivity contribution in [2.24, 2.45) is 0 Å². The fourth-order valence-corrected chi connectivity index (χ4v) is 0. The van der Waals surface area contributed by atoms with E-state index in [2.05, 4.69) is 23.3 Å². The van der Waals surface area contributed by atoms with Gasteiger partial charge in [0.2, 0.25) is 10.4 Å². The Kier molecular flexibility index (Phi) is 52.7. The Bertz CT molecular complexity index is 129. The van der Waals surface area contributed by atoms with Crippen molar-refractivity contribution in [2.45, 2.75) is 23.3 Å². The summed E-state index contributed by atoms with van der Waals surface area (Å²) in [6, 6.07) is 0. The van der Waals surface area contributed by atoms with Crippen LogP contribution in [0.25, 0.3) is 0 Å². The summed E-state index contributed by atoms with van der Waals surface area (Å²) in [6.07, 6.45) is 0. The number of rotatable bonds is 0. The maximum Gasteiger partial charge on any atom is 0.215 e. The SMILES string of the molecule is C[Se+]C.C[Se+]C.O=S(=O)([O-])O.[OH-].[Pt]. The smallest absolute Gasteiger partial charge is 0.215 e. The second-order valence-corrected chi connectivity index (χ2v) is 5.53. The van der Waals surface area contributed by atoms with Gasteiger partial charge in [0.05, 0.1) is 0 Å². The van der Waals surface area contributed by atoms with Crippen LogP contribution in [0.4, 0.5) is 0 Å². The summed E-state index contributed by atoms with van der Waals surface area (Å²) in [5.74, 6) is 8.75. The Morgan fingerprint density at radius 1 is 1.08 bits per heavy atom. The zero-order valence-electron chi connectivity index (χ0n) is 7.66. The first-order chi connectivity index (χ1) is 4.83. The molecule has 0 amide bonds. The number of hydrogen-bond acceptors (Lipinski definition) is 4. The molecule has 0 spiro atoms. The van der Waals surface area contributed by atoms with Gasteiger partial charge in [-0.3, -0.25) is 4.55 Å². The summed E-state index contributed by atoms with van der Waals surface area (Å²) in [5.41, 5.74) is 0. The molecule has 0 aromatic rings. The molecular weight excluding hydrogens is 513 g/mol. The minimum Gasteiger partial charge on any atom is -0.870 e. The molecule has 0 bridgehead atoms. The molecular formula is C4H14O5PtSSe2. The molecule has 0 unspecified atom stereocenters. The molecule has 0 rings (SSSR count). The van der Waals surface area contributed by atoms with Crippen LogP contribution in [0, 0.1) is 0 Å². The maximum atomic E-state index is 8.63. The Labute approximate surface area is 107 Å². The molecule has 0 heterocycles. The van der Waals surface area contributed by atoms with Crippen molar-refractivity contribution in [3.8, 4) is 0 Å².